The molecule has 2 N–H and O–H groups in total. The predicted octanol–water partition coefficient (Wildman–Crippen LogP) is 3.77. The second-order valence-electron chi connectivity index (χ2n) is 7.19. The number of nitrogens with zero attached hydrogens (tertiary/aromatic N) is 1. The van der Waals surface area contributed by atoms with E-state index in [0.29, 0.717) is 5.56 Å². The van der Waals surface area contributed by atoms with E-state index >= 15 is 0 Å². The van der Waals surface area contributed by atoms with Gasteiger partial charge in [0.05, 0.1) is 9.82 Å². The van der Waals surface area contributed by atoms with Crippen molar-refractivity contribution in [2.24, 2.45) is 0 Å². The fourth-order valence-corrected chi connectivity index (χ4v) is 4.75. The number of rotatable bonds is 6. The largest absolute Gasteiger partial charge is 0.322 e. The van der Waals surface area contributed by atoms with Crippen molar-refractivity contribution in [2.45, 2.75) is 50.0 Å². The zero-order valence-electron chi connectivity index (χ0n) is 16.1. The minimum atomic E-state index is -3.74. The molecule has 0 unspecified atom stereocenters. The van der Waals surface area contributed by atoms with E-state index in [1.807, 2.05) is 0 Å². The number of benzene rings is 2. The van der Waals surface area contributed by atoms with E-state index in [2.05, 4.69) is 10.0 Å². The average molecular weight is 417 g/mol. The molecule has 1 aliphatic carbocycles. The summed E-state index contributed by atoms with van der Waals surface area (Å²) < 4.78 is 28.2. The van der Waals surface area contributed by atoms with Crippen molar-refractivity contribution < 1.29 is 18.1 Å². The molecule has 9 heteroatoms. The Morgan fingerprint density at radius 2 is 1.83 bits per heavy atom. The molecule has 0 aromatic heterocycles. The van der Waals surface area contributed by atoms with Crippen LogP contribution in [0.5, 0.6) is 0 Å². The molecule has 0 aliphatic heterocycles. The van der Waals surface area contributed by atoms with E-state index in [1.165, 1.54) is 36.4 Å². The second kappa shape index (κ2) is 8.71. The van der Waals surface area contributed by atoms with Crippen molar-refractivity contribution in [3.8, 4) is 0 Å². The monoisotopic (exact) mass is 417 g/mol. The lowest BCUT2D eigenvalue weighted by atomic mass is 9.96. The summed E-state index contributed by atoms with van der Waals surface area (Å²) in [5.41, 5.74) is 0.914. The second-order valence-corrected chi connectivity index (χ2v) is 8.91. The maximum absolute atomic E-state index is 12.7. The number of non-ortho nitro benzene ring substituents is 1. The summed E-state index contributed by atoms with van der Waals surface area (Å²) in [6.45, 7) is 1.70. The Morgan fingerprint density at radius 1 is 1.10 bits per heavy atom. The van der Waals surface area contributed by atoms with Crippen LogP contribution >= 0.6 is 0 Å². The van der Waals surface area contributed by atoms with Gasteiger partial charge in [0.15, 0.2) is 0 Å². The minimum absolute atomic E-state index is 0.0258. The van der Waals surface area contributed by atoms with Crippen LogP contribution in [-0.4, -0.2) is 25.3 Å². The van der Waals surface area contributed by atoms with Crippen LogP contribution in [0.2, 0.25) is 0 Å². The number of nitrogens with one attached hydrogen (secondary N) is 2. The number of hydrogen-bond donors (Lipinski definition) is 2. The van der Waals surface area contributed by atoms with Crippen molar-refractivity contribution in [1.82, 2.24) is 4.72 Å². The van der Waals surface area contributed by atoms with Gasteiger partial charge in [-0.3, -0.25) is 14.9 Å². The normalized spacial score (nSPS) is 15.1. The molecule has 0 radical (unpaired) electrons. The number of nitro benzene ring substituents is 1. The van der Waals surface area contributed by atoms with Gasteiger partial charge in [-0.05, 0) is 43.5 Å². The highest BCUT2D eigenvalue weighted by atomic mass is 32.2. The van der Waals surface area contributed by atoms with Gasteiger partial charge in [0.2, 0.25) is 10.0 Å². The average Bonchev–Trinajstić information content (AvgIpc) is 2.68. The first-order chi connectivity index (χ1) is 13.8. The Bertz CT molecular complexity index is 1030. The highest BCUT2D eigenvalue weighted by Gasteiger charge is 2.23. The number of carbonyl (C=O) groups excluding carboxylic acids is 1. The van der Waals surface area contributed by atoms with Crippen LogP contribution in [0.3, 0.4) is 0 Å². The first kappa shape index (κ1) is 20.9. The number of nitro groups is 1. The molecule has 1 amide bonds. The summed E-state index contributed by atoms with van der Waals surface area (Å²) in [5, 5.41) is 13.5. The van der Waals surface area contributed by atoms with Crippen molar-refractivity contribution in [3.63, 3.8) is 0 Å². The lowest BCUT2D eigenvalue weighted by Crippen LogP contribution is -2.36. The quantitative estimate of drug-likeness (QED) is 0.548. The molecule has 2 aromatic rings. The van der Waals surface area contributed by atoms with Gasteiger partial charge in [0.25, 0.3) is 11.6 Å². The van der Waals surface area contributed by atoms with Gasteiger partial charge in [-0.2, -0.15) is 0 Å². The van der Waals surface area contributed by atoms with Gasteiger partial charge in [0.1, 0.15) is 0 Å². The zero-order valence-corrected chi connectivity index (χ0v) is 16.9. The summed E-state index contributed by atoms with van der Waals surface area (Å²) in [6.07, 6.45) is 4.73. The van der Waals surface area contributed by atoms with Gasteiger partial charge in [0, 0.05) is 29.4 Å². The standard InChI is InChI=1S/C20H23N3O5S/c1-14-10-11-18(29(27,28)22-15-6-3-2-4-7-15)13-19(14)20(24)21-16-8-5-9-17(12-16)23(25)26/h5,8-13,15,22H,2-4,6-7H2,1H3,(H,21,24). The highest BCUT2D eigenvalue weighted by Crippen LogP contribution is 2.23. The summed E-state index contributed by atoms with van der Waals surface area (Å²) >= 11 is 0. The van der Waals surface area contributed by atoms with Crippen LogP contribution in [0.15, 0.2) is 47.4 Å². The Hall–Kier alpha value is -2.78. The molecule has 1 saturated carbocycles. The molecular weight excluding hydrogens is 394 g/mol. The van der Waals surface area contributed by atoms with Crippen LogP contribution in [0.25, 0.3) is 0 Å². The van der Waals surface area contributed by atoms with E-state index in [9.17, 15) is 23.3 Å². The fourth-order valence-electron chi connectivity index (χ4n) is 3.42. The maximum atomic E-state index is 12.7. The molecular formula is C20H23N3O5S. The molecule has 29 heavy (non-hydrogen) atoms. The van der Waals surface area contributed by atoms with E-state index < -0.39 is 20.9 Å². The van der Waals surface area contributed by atoms with Crippen LogP contribution in [-0.2, 0) is 10.0 Å². The molecule has 154 valence electrons. The summed E-state index contributed by atoms with van der Waals surface area (Å²) in [5.74, 6) is -0.530. The summed E-state index contributed by atoms with van der Waals surface area (Å²) in [4.78, 5) is 23.1. The molecule has 3 rings (SSSR count). The van der Waals surface area contributed by atoms with Crippen molar-refractivity contribution in [2.75, 3.05) is 5.32 Å². The third-order valence-electron chi connectivity index (χ3n) is 5.01. The van der Waals surface area contributed by atoms with Crippen molar-refractivity contribution >= 4 is 27.3 Å². The number of carbonyl (C=O) groups is 1. The maximum Gasteiger partial charge on any atom is 0.271 e. The fraction of sp³-hybridized carbons (Fsp3) is 0.350. The molecule has 0 spiro atoms. The molecule has 0 heterocycles. The lowest BCUT2D eigenvalue weighted by Gasteiger charge is -2.22. The first-order valence-corrected chi connectivity index (χ1v) is 10.9. The third kappa shape index (κ3) is 5.18. The van der Waals surface area contributed by atoms with Gasteiger partial charge in [-0.1, -0.05) is 31.4 Å². The number of anilines is 1. The number of aryl methyl sites for hydroxylation is 1. The Balaban J connectivity index is 1.81. The van der Waals surface area contributed by atoms with Crippen LogP contribution in [0.1, 0.15) is 48.0 Å². The van der Waals surface area contributed by atoms with E-state index in [1.54, 1.807) is 13.0 Å². The molecule has 8 nitrogen and oxygen atoms in total. The molecule has 1 aliphatic rings. The van der Waals surface area contributed by atoms with Crippen molar-refractivity contribution in [1.29, 1.82) is 0 Å². The number of sulfonamides is 1. The molecule has 2 aromatic carbocycles. The zero-order chi connectivity index (χ0) is 21.0. The summed E-state index contributed by atoms with van der Waals surface area (Å²) in [6, 6.07) is 9.89. The van der Waals surface area contributed by atoms with Gasteiger partial charge < -0.3 is 5.32 Å². The molecule has 1 fully saturated rings. The minimum Gasteiger partial charge on any atom is -0.322 e. The predicted molar refractivity (Wildman–Crippen MR) is 109 cm³/mol. The highest BCUT2D eigenvalue weighted by molar-refractivity contribution is 7.89. The Labute approximate surface area is 169 Å². The van der Waals surface area contributed by atoms with Gasteiger partial charge >= 0.3 is 0 Å². The van der Waals surface area contributed by atoms with Crippen molar-refractivity contribution in [3.05, 3.63) is 63.7 Å². The Morgan fingerprint density at radius 3 is 2.52 bits per heavy atom. The number of amides is 1. The Kier molecular flexibility index (Phi) is 6.29. The lowest BCUT2D eigenvalue weighted by molar-refractivity contribution is -0.384. The van der Waals surface area contributed by atoms with E-state index in [0.717, 1.165) is 32.1 Å². The van der Waals surface area contributed by atoms with Gasteiger partial charge in [-0.15, -0.1) is 0 Å². The van der Waals surface area contributed by atoms with Crippen LogP contribution in [0, 0.1) is 17.0 Å². The number of hydrogen-bond acceptors (Lipinski definition) is 5. The molecule has 0 atom stereocenters. The van der Waals surface area contributed by atoms with E-state index in [4.69, 9.17) is 0 Å². The summed E-state index contributed by atoms with van der Waals surface area (Å²) in [7, 11) is -3.74. The van der Waals surface area contributed by atoms with E-state index in [-0.39, 0.29) is 27.9 Å². The SMILES string of the molecule is Cc1ccc(S(=O)(=O)NC2CCCCC2)cc1C(=O)Nc1cccc([N+](=O)[O-])c1. The van der Waals surface area contributed by atoms with Gasteiger partial charge in [-0.25, -0.2) is 13.1 Å². The van der Waals surface area contributed by atoms with Crippen LogP contribution < -0.4 is 10.0 Å². The molecule has 0 bridgehead atoms. The third-order valence-corrected chi connectivity index (χ3v) is 6.52. The first-order valence-electron chi connectivity index (χ1n) is 9.45. The van der Waals surface area contributed by atoms with Crippen LogP contribution in [0.4, 0.5) is 11.4 Å². The molecule has 0 saturated heterocycles. The topological polar surface area (TPSA) is 118 Å². The smallest absolute Gasteiger partial charge is 0.271 e.